The van der Waals surface area contributed by atoms with E-state index in [2.05, 4.69) is 41.9 Å². The van der Waals surface area contributed by atoms with Crippen molar-refractivity contribution in [2.45, 2.75) is 37.3 Å². The van der Waals surface area contributed by atoms with Crippen molar-refractivity contribution < 1.29 is 5.11 Å². The Morgan fingerprint density at radius 1 is 1.14 bits per heavy atom. The highest BCUT2D eigenvalue weighted by Gasteiger charge is 2.52. The molecule has 3 aliphatic rings. The minimum absolute atomic E-state index is 0.305. The lowest BCUT2D eigenvalue weighted by Crippen LogP contribution is -2.57. The number of phenolic OH excluding ortho intramolecular Hbond substituents is 1. The fourth-order valence-corrected chi connectivity index (χ4v) is 6.23. The van der Waals surface area contributed by atoms with Gasteiger partial charge in [-0.05, 0) is 56.1 Å². The van der Waals surface area contributed by atoms with E-state index >= 15 is 0 Å². The molecule has 28 heavy (non-hydrogen) atoms. The normalized spacial score (nSPS) is 28.1. The second-order valence-corrected chi connectivity index (χ2v) is 9.50. The maximum absolute atomic E-state index is 10.2. The molecule has 148 valence electrons. The van der Waals surface area contributed by atoms with Crippen molar-refractivity contribution in [3.63, 3.8) is 0 Å². The molecule has 4 nitrogen and oxygen atoms in total. The van der Waals surface area contributed by atoms with Crippen molar-refractivity contribution in [2.24, 2.45) is 0 Å². The standard InChI is InChI=1S/C23H28ClN3O/c1-27(14-16-12-17-18(13-26-16)22(28)7-6-20(17)24)15-23(8-10-25-11-9-23)19-4-2-3-5-21(19)27/h2-7,16,25-26H,8-15H2,1H3/p+1. The zero-order valence-electron chi connectivity index (χ0n) is 16.5. The number of benzene rings is 2. The minimum atomic E-state index is 0.305. The maximum Gasteiger partial charge on any atom is 0.136 e. The summed E-state index contributed by atoms with van der Waals surface area (Å²) in [4.78, 5) is 0. The SMILES string of the molecule is C[N+]1(CC2Cc3c(Cl)ccc(O)c3CN2)CC2(CCNCC2)c2ccccc21. The Morgan fingerprint density at radius 3 is 2.75 bits per heavy atom. The zero-order chi connectivity index (χ0) is 19.4. The van der Waals surface area contributed by atoms with E-state index in [9.17, 15) is 5.11 Å². The Morgan fingerprint density at radius 2 is 1.93 bits per heavy atom. The first kappa shape index (κ1) is 18.4. The van der Waals surface area contributed by atoms with E-state index in [4.69, 9.17) is 11.6 Å². The molecule has 2 aromatic carbocycles. The van der Waals surface area contributed by atoms with E-state index in [-0.39, 0.29) is 0 Å². The molecule has 3 aliphatic heterocycles. The molecule has 2 aromatic rings. The van der Waals surface area contributed by atoms with Crippen LogP contribution in [0.5, 0.6) is 5.75 Å². The van der Waals surface area contributed by atoms with Crippen LogP contribution >= 0.6 is 11.6 Å². The summed E-state index contributed by atoms with van der Waals surface area (Å²) in [6.45, 7) is 5.12. The Hall–Kier alpha value is -1.59. The molecule has 2 atom stereocenters. The number of fused-ring (bicyclic) bond motifs is 3. The van der Waals surface area contributed by atoms with Crippen molar-refractivity contribution in [2.75, 3.05) is 33.2 Å². The van der Waals surface area contributed by atoms with E-state index in [1.165, 1.54) is 25.1 Å². The van der Waals surface area contributed by atoms with E-state index in [1.807, 2.05) is 6.07 Å². The quantitative estimate of drug-likeness (QED) is 0.680. The van der Waals surface area contributed by atoms with Crippen LogP contribution in [0.2, 0.25) is 5.02 Å². The van der Waals surface area contributed by atoms with Crippen molar-refractivity contribution in [1.82, 2.24) is 15.1 Å². The summed E-state index contributed by atoms with van der Waals surface area (Å²) in [6, 6.07) is 13.0. The van der Waals surface area contributed by atoms with Gasteiger partial charge in [-0.2, -0.15) is 0 Å². The number of quaternary nitrogens is 1. The first-order chi connectivity index (χ1) is 13.5. The van der Waals surface area contributed by atoms with Gasteiger partial charge < -0.3 is 15.7 Å². The molecule has 0 bridgehead atoms. The Bertz CT molecular complexity index is 909. The average molecular weight is 399 g/mol. The molecule has 5 rings (SSSR count). The van der Waals surface area contributed by atoms with Crippen LogP contribution in [0.1, 0.15) is 29.5 Å². The fourth-order valence-electron chi connectivity index (χ4n) is 5.98. The number of likely N-dealkylation sites (N-methyl/N-ethyl adjacent to an activating group) is 1. The number of hydrogen-bond acceptors (Lipinski definition) is 3. The minimum Gasteiger partial charge on any atom is -0.508 e. The van der Waals surface area contributed by atoms with Crippen molar-refractivity contribution in [1.29, 1.82) is 0 Å². The van der Waals surface area contributed by atoms with Crippen LogP contribution in [0, 0.1) is 0 Å². The molecule has 0 radical (unpaired) electrons. The van der Waals surface area contributed by atoms with Crippen LogP contribution in [0.3, 0.4) is 0 Å². The summed E-state index contributed by atoms with van der Waals surface area (Å²) < 4.78 is 0.972. The second kappa shape index (κ2) is 6.74. The topological polar surface area (TPSA) is 44.3 Å². The molecular weight excluding hydrogens is 370 g/mol. The summed E-state index contributed by atoms with van der Waals surface area (Å²) >= 11 is 6.48. The molecule has 2 unspecified atom stereocenters. The third-order valence-electron chi connectivity index (χ3n) is 7.26. The molecule has 3 heterocycles. The summed E-state index contributed by atoms with van der Waals surface area (Å²) in [5.41, 5.74) is 5.42. The third-order valence-corrected chi connectivity index (χ3v) is 7.61. The van der Waals surface area contributed by atoms with E-state index in [0.717, 1.165) is 46.7 Å². The number of halogens is 1. The Balaban J connectivity index is 1.45. The predicted octanol–water partition coefficient (Wildman–Crippen LogP) is 3.33. The molecule has 5 heteroatoms. The van der Waals surface area contributed by atoms with Gasteiger partial charge in [-0.3, -0.25) is 4.48 Å². The number of para-hydroxylation sites is 1. The van der Waals surface area contributed by atoms with Crippen molar-refractivity contribution >= 4 is 17.3 Å². The smallest absolute Gasteiger partial charge is 0.136 e. The molecule has 1 fully saturated rings. The number of nitrogens with one attached hydrogen (secondary N) is 2. The highest BCUT2D eigenvalue weighted by molar-refractivity contribution is 6.31. The van der Waals surface area contributed by atoms with Gasteiger partial charge in [0.25, 0.3) is 0 Å². The number of rotatable bonds is 2. The highest BCUT2D eigenvalue weighted by Crippen LogP contribution is 2.49. The van der Waals surface area contributed by atoms with Gasteiger partial charge in [0.2, 0.25) is 0 Å². The van der Waals surface area contributed by atoms with Crippen LogP contribution in [-0.4, -0.2) is 44.4 Å². The van der Waals surface area contributed by atoms with Gasteiger partial charge in [-0.25, -0.2) is 0 Å². The Kier molecular flexibility index (Phi) is 4.44. The molecule has 3 N–H and O–H groups in total. The molecule has 0 aromatic heterocycles. The lowest BCUT2D eigenvalue weighted by molar-refractivity contribution is 0.219. The first-order valence-electron chi connectivity index (χ1n) is 10.4. The predicted molar refractivity (Wildman–Crippen MR) is 115 cm³/mol. The summed E-state index contributed by atoms with van der Waals surface area (Å²) in [7, 11) is 2.40. The summed E-state index contributed by atoms with van der Waals surface area (Å²) in [6.07, 6.45) is 3.31. The second-order valence-electron chi connectivity index (χ2n) is 9.09. The largest absolute Gasteiger partial charge is 0.508 e. The van der Waals surface area contributed by atoms with Crippen molar-refractivity contribution in [3.8, 4) is 5.75 Å². The molecule has 1 spiro atoms. The molecule has 1 saturated heterocycles. The van der Waals surface area contributed by atoms with Crippen LogP contribution in [0.4, 0.5) is 5.69 Å². The van der Waals surface area contributed by atoms with Crippen LogP contribution in [0.25, 0.3) is 0 Å². The number of piperidine rings is 1. The van der Waals surface area contributed by atoms with E-state index in [0.29, 0.717) is 23.8 Å². The van der Waals surface area contributed by atoms with Gasteiger partial charge in [0, 0.05) is 22.7 Å². The molecule has 0 saturated carbocycles. The lowest BCUT2D eigenvalue weighted by Gasteiger charge is -2.39. The fraction of sp³-hybridized carbons (Fsp3) is 0.478. The summed E-state index contributed by atoms with van der Waals surface area (Å²) in [5, 5.41) is 18.2. The first-order valence-corrected chi connectivity index (χ1v) is 10.8. The van der Waals surface area contributed by atoms with Crippen molar-refractivity contribution in [3.05, 3.63) is 58.1 Å². The van der Waals surface area contributed by atoms with E-state index in [1.54, 1.807) is 11.6 Å². The molecular formula is C23H29ClN3O+. The number of phenols is 1. The van der Waals surface area contributed by atoms with Gasteiger partial charge in [0.1, 0.15) is 11.4 Å². The van der Waals surface area contributed by atoms with Gasteiger partial charge >= 0.3 is 0 Å². The van der Waals surface area contributed by atoms with Crippen LogP contribution < -0.4 is 15.1 Å². The van der Waals surface area contributed by atoms with Crippen LogP contribution in [0.15, 0.2) is 36.4 Å². The molecule has 0 amide bonds. The lowest BCUT2D eigenvalue weighted by atomic mass is 9.75. The van der Waals surface area contributed by atoms with Gasteiger partial charge in [-0.15, -0.1) is 0 Å². The van der Waals surface area contributed by atoms with Gasteiger partial charge in [-0.1, -0.05) is 29.8 Å². The monoisotopic (exact) mass is 398 g/mol. The van der Waals surface area contributed by atoms with Gasteiger partial charge in [0.15, 0.2) is 0 Å². The maximum atomic E-state index is 10.2. The van der Waals surface area contributed by atoms with Crippen LogP contribution in [-0.2, 0) is 18.4 Å². The van der Waals surface area contributed by atoms with E-state index < -0.39 is 0 Å². The number of aromatic hydroxyl groups is 1. The summed E-state index contributed by atoms with van der Waals surface area (Å²) in [5.74, 6) is 0.353. The number of hydrogen-bond donors (Lipinski definition) is 3. The average Bonchev–Trinajstić information content (AvgIpc) is 2.94. The third kappa shape index (κ3) is 2.86. The number of nitrogens with zero attached hydrogens (tertiary/aromatic N) is 1. The Labute approximate surface area is 172 Å². The molecule has 0 aliphatic carbocycles. The van der Waals surface area contributed by atoms with Gasteiger partial charge in [0.05, 0.1) is 31.6 Å². The zero-order valence-corrected chi connectivity index (χ0v) is 17.2. The highest BCUT2D eigenvalue weighted by atomic mass is 35.5.